The Kier molecular flexibility index (Phi) is 6.53. The van der Waals surface area contributed by atoms with Crippen LogP contribution in [0.4, 0.5) is 0 Å². The number of rotatable bonds is 4. The van der Waals surface area contributed by atoms with Crippen LogP contribution >= 0.6 is 7.37 Å². The molecule has 2 aromatic rings. The highest BCUT2D eigenvalue weighted by atomic mass is 31.2. The van der Waals surface area contributed by atoms with Crippen molar-refractivity contribution in [2.24, 2.45) is 16.8 Å². The highest BCUT2D eigenvalue weighted by molar-refractivity contribution is 7.66. The van der Waals surface area contributed by atoms with Crippen molar-refractivity contribution in [3.05, 3.63) is 75.8 Å². The predicted octanol–water partition coefficient (Wildman–Crippen LogP) is 4.16. The summed E-state index contributed by atoms with van der Waals surface area (Å²) in [5, 5.41) is 14.9. The van der Waals surface area contributed by atoms with Crippen molar-refractivity contribution in [1.82, 2.24) is 5.32 Å². The summed E-state index contributed by atoms with van der Waals surface area (Å²) in [6.45, 7) is 12.3. The molecule has 6 rings (SSSR count). The van der Waals surface area contributed by atoms with Gasteiger partial charge < -0.3 is 20.1 Å². The average Bonchev–Trinajstić information content (AvgIpc) is 2.86. The van der Waals surface area contributed by atoms with Gasteiger partial charge >= 0.3 is 5.97 Å². The fourth-order valence-corrected chi connectivity index (χ4v) is 10.2. The Morgan fingerprint density at radius 3 is 2.46 bits per heavy atom. The summed E-state index contributed by atoms with van der Waals surface area (Å²) in [5.74, 6) is -0.397. The number of carbonyl (C=O) groups is 1. The van der Waals surface area contributed by atoms with Crippen molar-refractivity contribution in [3.63, 3.8) is 0 Å². The van der Waals surface area contributed by atoms with Crippen LogP contribution in [0.3, 0.4) is 0 Å². The molecule has 3 heterocycles. The van der Waals surface area contributed by atoms with Gasteiger partial charge in [0.05, 0.1) is 10.9 Å². The number of aliphatic carboxylic acids is 1. The van der Waals surface area contributed by atoms with E-state index in [0.29, 0.717) is 17.5 Å². The molecule has 1 aliphatic carbocycles. The topological polar surface area (TPSA) is 108 Å². The summed E-state index contributed by atoms with van der Waals surface area (Å²) < 4.78 is 20.0. The van der Waals surface area contributed by atoms with E-state index in [4.69, 9.17) is 14.8 Å². The van der Waals surface area contributed by atoms with E-state index in [9.17, 15) is 14.3 Å². The molecule has 1 saturated carbocycles. The van der Waals surface area contributed by atoms with Crippen molar-refractivity contribution < 1.29 is 24.1 Å². The lowest BCUT2D eigenvalue weighted by Gasteiger charge is -2.50. The zero-order chi connectivity index (χ0) is 29.5. The average molecular weight is 575 g/mol. The second-order valence-corrected chi connectivity index (χ2v) is 15.7. The minimum atomic E-state index is -3.78. The number of hydrogen-bond donors (Lipinski definition) is 3. The quantitative estimate of drug-likeness (QED) is 0.374. The van der Waals surface area contributed by atoms with Gasteiger partial charge in [0.15, 0.2) is 6.61 Å². The molecule has 3 aliphatic heterocycles. The Labute approximate surface area is 241 Å². The number of ether oxygens (including phenoxy) is 1. The Balaban J connectivity index is 1.58. The predicted molar refractivity (Wildman–Crippen MR) is 161 cm³/mol. The fourth-order valence-electron chi connectivity index (χ4n) is 7.78. The van der Waals surface area contributed by atoms with E-state index < -0.39 is 25.6 Å². The van der Waals surface area contributed by atoms with E-state index in [2.05, 4.69) is 51.2 Å². The van der Waals surface area contributed by atoms with Crippen LogP contribution in [0.1, 0.15) is 65.5 Å². The van der Waals surface area contributed by atoms with Crippen LogP contribution in [0.5, 0.6) is 5.75 Å². The second-order valence-electron chi connectivity index (χ2n) is 13.3. The molecule has 0 spiro atoms. The van der Waals surface area contributed by atoms with Crippen LogP contribution < -0.4 is 25.9 Å². The van der Waals surface area contributed by atoms with Gasteiger partial charge in [-0.3, -0.25) is 9.56 Å². The first kappa shape index (κ1) is 28.1. The van der Waals surface area contributed by atoms with Gasteiger partial charge in [0, 0.05) is 28.1 Å². The van der Waals surface area contributed by atoms with Gasteiger partial charge in [-0.05, 0) is 112 Å². The zero-order valence-corrected chi connectivity index (χ0v) is 25.5. The summed E-state index contributed by atoms with van der Waals surface area (Å²) in [7, 11) is -3.78. The number of nitrogens with one attached hydrogen (secondary N) is 1. The molecular formula is C33H39N2O5P. The van der Waals surface area contributed by atoms with Crippen molar-refractivity contribution in [2.75, 3.05) is 6.61 Å². The van der Waals surface area contributed by atoms with Crippen molar-refractivity contribution in [3.8, 4) is 5.75 Å². The summed E-state index contributed by atoms with van der Waals surface area (Å²) in [4.78, 5) is 28.0. The Morgan fingerprint density at radius 2 is 1.78 bits per heavy atom. The standard InChI is InChI=1S/C33H39N2O5P/c1-18-15-32(3,4)34-26-13-28-24(11-22(18)26)31(20-7-9-21(10-8-20)40-17-30(36)37)25-12-23-19(2)16-33(5,6)35-27(23)14-29(25)41(28,38)39/h7-11,13,15-16,23,25,27,29,35H,12,14,17H2,1-6H3,(H,36,37)(H,38,39). The number of carboxylic acid groups (broad SMARTS) is 1. The third kappa shape index (κ3) is 4.92. The molecule has 0 amide bonds. The van der Waals surface area contributed by atoms with Gasteiger partial charge in [-0.25, -0.2) is 4.79 Å². The SMILES string of the molecule is CC1=CC(C)(C)N=c2cc3c(cc21)=C(c1ccc(OCC(=O)O)cc1)C1CC2C(C)=CC(C)(C)NC2CC1P3(=O)O. The molecule has 216 valence electrons. The minimum Gasteiger partial charge on any atom is -0.482 e. The first-order valence-corrected chi connectivity index (χ1v) is 16.1. The Morgan fingerprint density at radius 1 is 1.07 bits per heavy atom. The lowest BCUT2D eigenvalue weighted by molar-refractivity contribution is -0.139. The molecule has 0 bridgehead atoms. The van der Waals surface area contributed by atoms with Gasteiger partial charge in [0.2, 0.25) is 7.37 Å². The van der Waals surface area contributed by atoms with E-state index in [1.54, 1.807) is 12.1 Å². The molecule has 3 N–H and O–H groups in total. The number of carboxylic acids is 1. The van der Waals surface area contributed by atoms with Crippen molar-refractivity contribution >= 4 is 29.8 Å². The number of fused-ring (bicyclic) bond motifs is 4. The fraction of sp³-hybridized carbons (Fsp3) is 0.455. The third-order valence-corrected chi connectivity index (χ3v) is 11.7. The Bertz CT molecular complexity index is 1680. The lowest BCUT2D eigenvalue weighted by atomic mass is 9.67. The minimum absolute atomic E-state index is 0.115. The Hall–Kier alpha value is -2.99. The highest BCUT2D eigenvalue weighted by Gasteiger charge is 2.52. The van der Waals surface area contributed by atoms with E-state index in [1.165, 1.54) is 5.57 Å². The van der Waals surface area contributed by atoms with Gasteiger partial charge in [0.1, 0.15) is 5.75 Å². The number of hydrogen-bond acceptors (Lipinski definition) is 5. The van der Waals surface area contributed by atoms with Crippen LogP contribution in [-0.2, 0) is 9.36 Å². The third-order valence-electron chi connectivity index (χ3n) is 9.18. The van der Waals surface area contributed by atoms with E-state index in [1.807, 2.05) is 32.0 Å². The van der Waals surface area contributed by atoms with E-state index >= 15 is 0 Å². The number of nitrogens with zero attached hydrogens (tertiary/aromatic N) is 1. The normalized spacial score (nSPS) is 30.9. The van der Waals surface area contributed by atoms with E-state index in [0.717, 1.165) is 39.3 Å². The summed E-state index contributed by atoms with van der Waals surface area (Å²) in [5.41, 5.74) is 4.49. The maximum atomic E-state index is 14.6. The number of allylic oxidation sites excluding steroid dienone is 1. The maximum Gasteiger partial charge on any atom is 0.341 e. The van der Waals surface area contributed by atoms with E-state index in [-0.39, 0.29) is 29.0 Å². The second kappa shape index (κ2) is 9.52. The molecule has 0 saturated heterocycles. The van der Waals surface area contributed by atoms with Crippen LogP contribution in [-0.4, -0.2) is 45.4 Å². The number of benzene rings is 2. The summed E-state index contributed by atoms with van der Waals surface area (Å²) in [6.07, 6.45) is 5.83. The molecule has 5 unspecified atom stereocenters. The summed E-state index contributed by atoms with van der Waals surface area (Å²) >= 11 is 0. The van der Waals surface area contributed by atoms with Gasteiger partial charge in [-0.15, -0.1) is 0 Å². The van der Waals surface area contributed by atoms with Crippen LogP contribution in [0.15, 0.2) is 59.1 Å². The van der Waals surface area contributed by atoms with Crippen LogP contribution in [0, 0.1) is 11.8 Å². The molecule has 7 nitrogen and oxygen atoms in total. The maximum absolute atomic E-state index is 14.6. The highest BCUT2D eigenvalue weighted by Crippen LogP contribution is 2.59. The first-order valence-electron chi connectivity index (χ1n) is 14.4. The first-order chi connectivity index (χ1) is 19.1. The molecular weight excluding hydrogens is 535 g/mol. The van der Waals surface area contributed by atoms with Gasteiger partial charge in [-0.2, -0.15) is 0 Å². The molecule has 8 heteroatoms. The molecule has 41 heavy (non-hydrogen) atoms. The molecule has 5 atom stereocenters. The zero-order valence-electron chi connectivity index (χ0n) is 24.6. The molecule has 0 radical (unpaired) electrons. The molecule has 0 aromatic heterocycles. The van der Waals surface area contributed by atoms with Crippen molar-refractivity contribution in [1.29, 1.82) is 0 Å². The van der Waals surface area contributed by atoms with Gasteiger partial charge in [-0.1, -0.05) is 29.9 Å². The van der Waals surface area contributed by atoms with Crippen molar-refractivity contribution in [2.45, 2.75) is 77.2 Å². The monoisotopic (exact) mass is 574 g/mol. The molecule has 4 aliphatic rings. The van der Waals surface area contributed by atoms with Gasteiger partial charge in [0.25, 0.3) is 0 Å². The summed E-state index contributed by atoms with van der Waals surface area (Å²) in [6, 6.07) is 11.6. The largest absolute Gasteiger partial charge is 0.482 e. The van der Waals surface area contributed by atoms with Crippen LogP contribution in [0.25, 0.3) is 11.1 Å². The lowest BCUT2D eigenvalue weighted by Crippen LogP contribution is -2.58. The smallest absolute Gasteiger partial charge is 0.341 e. The van der Waals surface area contributed by atoms with Crippen LogP contribution in [0.2, 0.25) is 0 Å². The molecule has 2 aromatic carbocycles. The molecule has 1 fully saturated rings.